The number of rotatable bonds is 5. The molecule has 1 saturated heterocycles. The molecule has 1 fully saturated rings. The summed E-state index contributed by atoms with van der Waals surface area (Å²) in [6.07, 6.45) is -0.662. The molecular weight excluding hydrogens is 318 g/mol. The van der Waals surface area contributed by atoms with Crippen molar-refractivity contribution in [3.8, 4) is 0 Å². The summed E-state index contributed by atoms with van der Waals surface area (Å²) in [7, 11) is -0.737. The lowest BCUT2D eigenvalue weighted by atomic mass is 10.3. The lowest BCUT2D eigenvalue weighted by Gasteiger charge is -2.15. The van der Waals surface area contributed by atoms with E-state index in [9.17, 15) is 13.2 Å². The van der Waals surface area contributed by atoms with Gasteiger partial charge in [0.15, 0.2) is 0 Å². The van der Waals surface area contributed by atoms with Crippen molar-refractivity contribution in [3.05, 3.63) is 15.8 Å². The number of nitrogens with zero attached hydrogens (tertiary/aromatic N) is 1. The molecule has 0 aliphatic carbocycles. The molecule has 21 heavy (non-hydrogen) atoms. The third kappa shape index (κ3) is 2.97. The SMILES string of the molecule is COC1CN(S(=O)(=O)c2cc(C(=O)O)sc2C)CC1OC. The third-order valence-electron chi connectivity index (χ3n) is 3.49. The van der Waals surface area contributed by atoms with E-state index in [0.717, 1.165) is 11.3 Å². The van der Waals surface area contributed by atoms with E-state index in [4.69, 9.17) is 14.6 Å². The minimum Gasteiger partial charge on any atom is -0.477 e. The first-order valence-electron chi connectivity index (χ1n) is 6.20. The van der Waals surface area contributed by atoms with Crippen LogP contribution in [0.4, 0.5) is 0 Å². The largest absolute Gasteiger partial charge is 0.477 e. The van der Waals surface area contributed by atoms with E-state index in [1.807, 2.05) is 0 Å². The number of carboxylic acids is 1. The fourth-order valence-electron chi connectivity index (χ4n) is 2.33. The Morgan fingerprint density at radius 2 is 1.86 bits per heavy atom. The molecule has 1 aliphatic heterocycles. The molecule has 1 aromatic heterocycles. The van der Waals surface area contributed by atoms with Crippen LogP contribution < -0.4 is 0 Å². The van der Waals surface area contributed by atoms with E-state index in [-0.39, 0.29) is 35.1 Å². The summed E-state index contributed by atoms with van der Waals surface area (Å²) in [6.45, 7) is 1.98. The highest BCUT2D eigenvalue weighted by molar-refractivity contribution is 7.89. The first-order chi connectivity index (χ1) is 9.81. The summed E-state index contributed by atoms with van der Waals surface area (Å²) in [6, 6.07) is 1.21. The lowest BCUT2D eigenvalue weighted by molar-refractivity contribution is -0.00461. The van der Waals surface area contributed by atoms with Gasteiger partial charge >= 0.3 is 5.97 Å². The number of hydrogen-bond donors (Lipinski definition) is 1. The van der Waals surface area contributed by atoms with Crippen LogP contribution in [-0.4, -0.2) is 63.3 Å². The maximum absolute atomic E-state index is 12.6. The third-order valence-corrected chi connectivity index (χ3v) is 6.61. The Morgan fingerprint density at radius 1 is 1.33 bits per heavy atom. The van der Waals surface area contributed by atoms with Gasteiger partial charge in [-0.15, -0.1) is 11.3 Å². The molecule has 0 amide bonds. The maximum atomic E-state index is 12.6. The van der Waals surface area contributed by atoms with Gasteiger partial charge < -0.3 is 14.6 Å². The molecule has 7 nitrogen and oxygen atoms in total. The van der Waals surface area contributed by atoms with Crippen LogP contribution in [-0.2, 0) is 19.5 Å². The summed E-state index contributed by atoms with van der Waals surface area (Å²) in [5, 5.41) is 8.98. The zero-order valence-corrected chi connectivity index (χ0v) is 13.5. The Balaban J connectivity index is 2.33. The van der Waals surface area contributed by atoms with Gasteiger partial charge in [0, 0.05) is 32.2 Å². The second-order valence-electron chi connectivity index (χ2n) is 4.71. The van der Waals surface area contributed by atoms with Gasteiger partial charge in [-0.1, -0.05) is 0 Å². The minimum absolute atomic E-state index is 0.0110. The Labute approximate surface area is 127 Å². The van der Waals surface area contributed by atoms with Crippen molar-refractivity contribution >= 4 is 27.3 Å². The van der Waals surface area contributed by atoms with Crippen molar-refractivity contribution in [2.45, 2.75) is 24.0 Å². The number of carboxylic acid groups (broad SMARTS) is 1. The molecule has 0 aromatic carbocycles. The number of ether oxygens (including phenoxy) is 2. The summed E-state index contributed by atoms with van der Waals surface area (Å²) in [5.41, 5.74) is 0. The molecule has 0 saturated carbocycles. The van der Waals surface area contributed by atoms with Gasteiger partial charge in [-0.25, -0.2) is 13.2 Å². The van der Waals surface area contributed by atoms with E-state index >= 15 is 0 Å². The highest BCUT2D eigenvalue weighted by Crippen LogP contribution is 2.30. The summed E-state index contributed by atoms with van der Waals surface area (Å²) >= 11 is 0.953. The van der Waals surface area contributed by atoms with Crippen LogP contribution in [0.2, 0.25) is 0 Å². The summed E-state index contributed by atoms with van der Waals surface area (Å²) < 4.78 is 37.0. The van der Waals surface area contributed by atoms with Gasteiger partial charge in [-0.05, 0) is 13.0 Å². The highest BCUT2D eigenvalue weighted by Gasteiger charge is 2.40. The lowest BCUT2D eigenvalue weighted by Crippen LogP contribution is -2.30. The van der Waals surface area contributed by atoms with Gasteiger partial charge in [0.05, 0.1) is 17.1 Å². The van der Waals surface area contributed by atoms with E-state index in [2.05, 4.69) is 0 Å². The number of sulfonamides is 1. The van der Waals surface area contributed by atoms with Crippen molar-refractivity contribution in [2.24, 2.45) is 0 Å². The topological polar surface area (TPSA) is 93.1 Å². The Morgan fingerprint density at radius 3 is 2.24 bits per heavy atom. The molecule has 2 heterocycles. The first kappa shape index (κ1) is 16.4. The van der Waals surface area contributed by atoms with Crippen LogP contribution in [0, 0.1) is 6.92 Å². The van der Waals surface area contributed by atoms with Crippen LogP contribution in [0.1, 0.15) is 14.5 Å². The quantitative estimate of drug-likeness (QED) is 0.855. The van der Waals surface area contributed by atoms with Crippen LogP contribution >= 0.6 is 11.3 Å². The van der Waals surface area contributed by atoms with Gasteiger partial charge in [0.1, 0.15) is 4.88 Å². The summed E-state index contributed by atoms with van der Waals surface area (Å²) in [4.78, 5) is 11.5. The van der Waals surface area contributed by atoms with Gasteiger partial charge in [-0.3, -0.25) is 0 Å². The molecule has 2 rings (SSSR count). The first-order valence-corrected chi connectivity index (χ1v) is 8.46. The number of hydrogen-bond acceptors (Lipinski definition) is 6. The molecule has 1 aliphatic rings. The molecule has 2 atom stereocenters. The molecule has 0 radical (unpaired) electrons. The van der Waals surface area contributed by atoms with E-state index in [1.165, 1.54) is 24.6 Å². The molecule has 1 N–H and O–H groups in total. The predicted octanol–water partition coefficient (Wildman–Crippen LogP) is 0.789. The second kappa shape index (κ2) is 6.01. The molecule has 0 spiro atoms. The van der Waals surface area contributed by atoms with Crippen LogP contribution in [0.3, 0.4) is 0 Å². The molecule has 1 aromatic rings. The van der Waals surface area contributed by atoms with Crippen molar-refractivity contribution < 1.29 is 27.8 Å². The summed E-state index contributed by atoms with van der Waals surface area (Å²) in [5.74, 6) is -1.13. The van der Waals surface area contributed by atoms with Gasteiger partial charge in [0.25, 0.3) is 0 Å². The number of methoxy groups -OCH3 is 2. The highest BCUT2D eigenvalue weighted by atomic mass is 32.2. The monoisotopic (exact) mass is 335 g/mol. The van der Waals surface area contributed by atoms with Gasteiger partial charge in [-0.2, -0.15) is 4.31 Å². The number of thiophene rings is 1. The van der Waals surface area contributed by atoms with Crippen LogP contribution in [0.25, 0.3) is 0 Å². The van der Waals surface area contributed by atoms with E-state index in [1.54, 1.807) is 6.92 Å². The zero-order chi connectivity index (χ0) is 15.8. The molecular formula is C12H17NO6S2. The number of carbonyl (C=O) groups is 1. The fraction of sp³-hybridized carbons (Fsp3) is 0.583. The normalized spacial score (nSPS) is 23.6. The Kier molecular flexibility index (Phi) is 4.69. The van der Waals surface area contributed by atoms with Crippen molar-refractivity contribution in [1.82, 2.24) is 4.31 Å². The Hall–Kier alpha value is -1.00. The number of aryl methyl sites for hydroxylation is 1. The standard InChI is InChI=1S/C12H17NO6S2/c1-7-11(4-10(20-7)12(14)15)21(16,17)13-5-8(18-2)9(6-13)19-3/h4,8-9H,5-6H2,1-3H3,(H,14,15). The average molecular weight is 335 g/mol. The molecule has 0 bridgehead atoms. The van der Waals surface area contributed by atoms with Gasteiger partial charge in [0.2, 0.25) is 10.0 Å². The second-order valence-corrected chi connectivity index (χ2v) is 7.87. The van der Waals surface area contributed by atoms with Crippen LogP contribution in [0.5, 0.6) is 0 Å². The minimum atomic E-state index is -3.75. The molecule has 2 unspecified atom stereocenters. The Bertz CT molecular complexity index is 626. The molecule has 9 heteroatoms. The number of aromatic carboxylic acids is 1. The van der Waals surface area contributed by atoms with Crippen molar-refractivity contribution in [3.63, 3.8) is 0 Å². The average Bonchev–Trinajstić information content (AvgIpc) is 3.02. The van der Waals surface area contributed by atoms with E-state index < -0.39 is 16.0 Å². The van der Waals surface area contributed by atoms with Crippen molar-refractivity contribution in [1.29, 1.82) is 0 Å². The maximum Gasteiger partial charge on any atom is 0.345 e. The van der Waals surface area contributed by atoms with E-state index in [0.29, 0.717) is 4.88 Å². The molecule has 118 valence electrons. The smallest absolute Gasteiger partial charge is 0.345 e. The zero-order valence-electron chi connectivity index (χ0n) is 11.9. The fourth-order valence-corrected chi connectivity index (χ4v) is 5.19. The predicted molar refractivity (Wildman–Crippen MR) is 76.4 cm³/mol. The van der Waals surface area contributed by atoms with Crippen LogP contribution in [0.15, 0.2) is 11.0 Å². The van der Waals surface area contributed by atoms with Crippen molar-refractivity contribution in [2.75, 3.05) is 27.3 Å².